The molecule has 0 aliphatic carbocycles. The zero-order valence-corrected chi connectivity index (χ0v) is 11.2. The lowest BCUT2D eigenvalue weighted by atomic mass is 10.2. The third-order valence-corrected chi connectivity index (χ3v) is 2.17. The first-order valence-corrected chi connectivity index (χ1v) is 5.95. The maximum Gasteiger partial charge on any atom is 0.338 e. The van der Waals surface area contributed by atoms with Crippen molar-refractivity contribution in [2.45, 2.75) is 39.9 Å². The first-order chi connectivity index (χ1) is 7.90. The van der Waals surface area contributed by atoms with Crippen LogP contribution in [0.2, 0.25) is 5.02 Å². The topological polar surface area (TPSA) is 35.5 Å². The van der Waals surface area contributed by atoms with Crippen molar-refractivity contribution in [1.29, 1.82) is 0 Å². The maximum atomic E-state index is 11.6. The molecule has 0 atom stereocenters. The van der Waals surface area contributed by atoms with Crippen molar-refractivity contribution < 1.29 is 14.3 Å². The Morgan fingerprint density at radius 1 is 1.18 bits per heavy atom. The predicted octanol–water partition coefficient (Wildman–Crippen LogP) is 3.69. The summed E-state index contributed by atoms with van der Waals surface area (Å²) in [6.45, 7) is 7.43. The minimum absolute atomic E-state index is 0.0426. The molecule has 0 spiro atoms. The van der Waals surface area contributed by atoms with E-state index in [2.05, 4.69) is 0 Å². The fraction of sp³-hybridized carbons (Fsp3) is 0.462. The third-order valence-electron chi connectivity index (χ3n) is 1.87. The van der Waals surface area contributed by atoms with Gasteiger partial charge in [0.25, 0.3) is 0 Å². The van der Waals surface area contributed by atoms with Crippen molar-refractivity contribution in [3.05, 3.63) is 28.8 Å². The first-order valence-electron chi connectivity index (χ1n) is 5.57. The van der Waals surface area contributed by atoms with Gasteiger partial charge in [0.2, 0.25) is 0 Å². The van der Waals surface area contributed by atoms with Gasteiger partial charge >= 0.3 is 5.97 Å². The maximum absolute atomic E-state index is 11.6. The molecule has 0 N–H and O–H groups in total. The fourth-order valence-corrected chi connectivity index (χ4v) is 1.48. The number of carbonyl (C=O) groups excluding carboxylic acids is 1. The summed E-state index contributed by atoms with van der Waals surface area (Å²) < 4.78 is 10.6. The van der Waals surface area contributed by atoms with Crippen LogP contribution in [0.5, 0.6) is 5.75 Å². The summed E-state index contributed by atoms with van der Waals surface area (Å²) in [5.74, 6) is 0.195. The normalized spacial score (nSPS) is 10.8. The average Bonchev–Trinajstić information content (AvgIpc) is 2.19. The molecule has 0 aliphatic rings. The van der Waals surface area contributed by atoms with Crippen LogP contribution in [-0.2, 0) is 4.74 Å². The Kier molecular flexibility index (Phi) is 4.82. The monoisotopic (exact) mass is 256 g/mol. The lowest BCUT2D eigenvalue weighted by Crippen LogP contribution is -2.12. The summed E-state index contributed by atoms with van der Waals surface area (Å²) in [4.78, 5) is 11.6. The van der Waals surface area contributed by atoms with E-state index in [1.165, 1.54) is 0 Å². The molecule has 4 heteroatoms. The standard InChI is InChI=1S/C13H17ClO3/c1-8(2)16-12-6-5-10(7-11(12)14)13(15)17-9(3)4/h5-9H,1-4H3. The Morgan fingerprint density at radius 3 is 2.29 bits per heavy atom. The van der Waals surface area contributed by atoms with E-state index < -0.39 is 0 Å². The summed E-state index contributed by atoms with van der Waals surface area (Å²) in [6.07, 6.45) is -0.103. The van der Waals surface area contributed by atoms with Crippen molar-refractivity contribution >= 4 is 17.6 Å². The number of halogens is 1. The van der Waals surface area contributed by atoms with Gasteiger partial charge in [-0.2, -0.15) is 0 Å². The van der Waals surface area contributed by atoms with E-state index in [0.717, 1.165) is 0 Å². The number of rotatable bonds is 4. The molecule has 0 amide bonds. The molecule has 1 rings (SSSR count). The van der Waals surface area contributed by atoms with Gasteiger partial charge < -0.3 is 9.47 Å². The Bertz CT molecular complexity index is 400. The predicted molar refractivity (Wildman–Crippen MR) is 67.8 cm³/mol. The zero-order chi connectivity index (χ0) is 13.0. The molecule has 0 radical (unpaired) electrons. The highest BCUT2D eigenvalue weighted by Gasteiger charge is 2.12. The lowest BCUT2D eigenvalue weighted by Gasteiger charge is -2.12. The quantitative estimate of drug-likeness (QED) is 0.771. The number of ether oxygens (including phenoxy) is 2. The highest BCUT2D eigenvalue weighted by molar-refractivity contribution is 6.32. The molecular weight excluding hydrogens is 240 g/mol. The molecule has 0 heterocycles. The van der Waals surface area contributed by atoms with Gasteiger partial charge in [0.1, 0.15) is 5.75 Å². The third kappa shape index (κ3) is 4.27. The minimum atomic E-state index is -0.377. The Morgan fingerprint density at radius 2 is 1.82 bits per heavy atom. The van der Waals surface area contributed by atoms with Crippen LogP contribution in [0, 0.1) is 0 Å². The largest absolute Gasteiger partial charge is 0.489 e. The van der Waals surface area contributed by atoms with Crippen LogP contribution in [-0.4, -0.2) is 18.2 Å². The highest BCUT2D eigenvalue weighted by atomic mass is 35.5. The van der Waals surface area contributed by atoms with Gasteiger partial charge in [0.05, 0.1) is 22.8 Å². The van der Waals surface area contributed by atoms with E-state index in [0.29, 0.717) is 16.3 Å². The van der Waals surface area contributed by atoms with Gasteiger partial charge in [-0.25, -0.2) is 4.79 Å². The fourth-order valence-electron chi connectivity index (χ4n) is 1.26. The van der Waals surface area contributed by atoms with E-state index in [4.69, 9.17) is 21.1 Å². The van der Waals surface area contributed by atoms with E-state index in [-0.39, 0.29) is 18.2 Å². The Hall–Kier alpha value is -1.22. The molecule has 0 aliphatic heterocycles. The summed E-state index contributed by atoms with van der Waals surface area (Å²) in [6, 6.07) is 4.89. The van der Waals surface area contributed by atoms with Gasteiger partial charge in [0, 0.05) is 0 Å². The van der Waals surface area contributed by atoms with Gasteiger partial charge in [-0.1, -0.05) is 11.6 Å². The van der Waals surface area contributed by atoms with Gasteiger partial charge in [-0.05, 0) is 45.9 Å². The molecule has 0 bridgehead atoms. The molecular formula is C13H17ClO3. The molecule has 0 unspecified atom stereocenters. The first kappa shape index (κ1) is 13.8. The number of esters is 1. The summed E-state index contributed by atoms with van der Waals surface area (Å²) in [5.41, 5.74) is 0.430. The number of carbonyl (C=O) groups is 1. The van der Waals surface area contributed by atoms with Crippen LogP contribution in [0.15, 0.2) is 18.2 Å². The molecule has 0 fully saturated rings. The van der Waals surface area contributed by atoms with Crippen LogP contribution in [0.1, 0.15) is 38.1 Å². The number of benzene rings is 1. The van der Waals surface area contributed by atoms with E-state index in [1.54, 1.807) is 32.0 Å². The van der Waals surface area contributed by atoms with Crippen molar-refractivity contribution in [2.24, 2.45) is 0 Å². The minimum Gasteiger partial charge on any atom is -0.489 e. The molecule has 0 aromatic heterocycles. The molecule has 17 heavy (non-hydrogen) atoms. The van der Waals surface area contributed by atoms with Crippen molar-refractivity contribution in [2.75, 3.05) is 0 Å². The van der Waals surface area contributed by atoms with Crippen LogP contribution in [0.3, 0.4) is 0 Å². The van der Waals surface area contributed by atoms with Crippen LogP contribution >= 0.6 is 11.6 Å². The van der Waals surface area contributed by atoms with Crippen LogP contribution in [0.25, 0.3) is 0 Å². The van der Waals surface area contributed by atoms with Crippen LogP contribution < -0.4 is 4.74 Å². The van der Waals surface area contributed by atoms with E-state index in [1.807, 2.05) is 13.8 Å². The highest BCUT2D eigenvalue weighted by Crippen LogP contribution is 2.26. The van der Waals surface area contributed by atoms with Gasteiger partial charge in [0.15, 0.2) is 0 Å². The molecule has 1 aromatic rings. The Balaban J connectivity index is 2.85. The second-order valence-electron chi connectivity index (χ2n) is 4.27. The Labute approximate surface area is 107 Å². The van der Waals surface area contributed by atoms with Gasteiger partial charge in [-0.15, -0.1) is 0 Å². The van der Waals surface area contributed by atoms with Crippen molar-refractivity contribution in [1.82, 2.24) is 0 Å². The number of hydrogen-bond acceptors (Lipinski definition) is 3. The summed E-state index contributed by atoms with van der Waals surface area (Å²) in [7, 11) is 0. The van der Waals surface area contributed by atoms with Crippen LogP contribution in [0.4, 0.5) is 0 Å². The van der Waals surface area contributed by atoms with E-state index >= 15 is 0 Å². The lowest BCUT2D eigenvalue weighted by molar-refractivity contribution is 0.0378. The molecule has 94 valence electrons. The number of hydrogen-bond donors (Lipinski definition) is 0. The second kappa shape index (κ2) is 5.92. The van der Waals surface area contributed by atoms with Gasteiger partial charge in [-0.3, -0.25) is 0 Å². The molecule has 1 aromatic carbocycles. The van der Waals surface area contributed by atoms with Crippen molar-refractivity contribution in [3.63, 3.8) is 0 Å². The zero-order valence-electron chi connectivity index (χ0n) is 10.5. The molecule has 0 saturated heterocycles. The molecule has 0 saturated carbocycles. The van der Waals surface area contributed by atoms with E-state index in [9.17, 15) is 4.79 Å². The van der Waals surface area contributed by atoms with Crippen molar-refractivity contribution in [3.8, 4) is 5.75 Å². The SMILES string of the molecule is CC(C)OC(=O)c1ccc(OC(C)C)c(Cl)c1. The average molecular weight is 257 g/mol. The summed E-state index contributed by atoms with van der Waals surface area (Å²) >= 11 is 6.02. The summed E-state index contributed by atoms with van der Waals surface area (Å²) in [5, 5.41) is 0.414. The molecule has 3 nitrogen and oxygen atoms in total. The second-order valence-corrected chi connectivity index (χ2v) is 4.67. The smallest absolute Gasteiger partial charge is 0.338 e.